The molecule has 0 aromatic heterocycles. The minimum atomic E-state index is 0.283. The van der Waals surface area contributed by atoms with Crippen molar-refractivity contribution in [1.82, 2.24) is 4.90 Å². The molecule has 1 radical (unpaired) electrons. The lowest BCUT2D eigenvalue weighted by molar-refractivity contribution is 0.179. The third-order valence-corrected chi connectivity index (χ3v) is 4.84. The fourth-order valence-electron chi connectivity index (χ4n) is 3.58. The lowest BCUT2D eigenvalue weighted by atomic mass is 9.61. The molecule has 1 fully saturated rings. The van der Waals surface area contributed by atoms with Crippen LogP contribution in [0.15, 0.2) is 42.6 Å². The highest BCUT2D eigenvalue weighted by Crippen LogP contribution is 2.28. The smallest absolute Gasteiger partial charge is 0.258 e. The van der Waals surface area contributed by atoms with Crippen LogP contribution in [0.1, 0.15) is 44.1 Å². The first-order chi connectivity index (χ1) is 11.7. The molecular formula is C20H25BN3. The molecule has 3 nitrogen and oxygen atoms in total. The first kappa shape index (κ1) is 18.1. The van der Waals surface area contributed by atoms with Crippen molar-refractivity contribution < 1.29 is 0 Å². The molecule has 2 unspecified atom stereocenters. The van der Waals surface area contributed by atoms with E-state index in [0.29, 0.717) is 12.5 Å². The monoisotopic (exact) mass is 318 g/mol. The molecule has 0 saturated carbocycles. The van der Waals surface area contributed by atoms with Gasteiger partial charge in [-0.05, 0) is 49.5 Å². The zero-order chi connectivity index (χ0) is 17.2. The van der Waals surface area contributed by atoms with E-state index in [1.165, 1.54) is 18.4 Å². The predicted octanol–water partition coefficient (Wildman–Crippen LogP) is 4.26. The van der Waals surface area contributed by atoms with E-state index in [2.05, 4.69) is 35.6 Å². The van der Waals surface area contributed by atoms with Gasteiger partial charge in [0.25, 0.3) is 7.28 Å². The van der Waals surface area contributed by atoms with E-state index in [0.717, 1.165) is 37.9 Å². The Bertz CT molecular complexity index is 600. The SMILES string of the molecule is C=C(CC#N)N1CCCCC1CCC([B]C#N)Cc1ccccc1. The van der Waals surface area contributed by atoms with Crippen LogP contribution < -0.4 is 0 Å². The highest BCUT2D eigenvalue weighted by molar-refractivity contribution is 6.46. The van der Waals surface area contributed by atoms with E-state index >= 15 is 0 Å². The fraction of sp³-hybridized carbons (Fsp3) is 0.500. The summed E-state index contributed by atoms with van der Waals surface area (Å²) < 4.78 is 0. The Hall–Kier alpha value is -2.20. The second-order valence-electron chi connectivity index (χ2n) is 6.57. The summed E-state index contributed by atoms with van der Waals surface area (Å²) in [6.07, 6.45) is 6.97. The largest absolute Gasteiger partial charge is 0.371 e. The summed E-state index contributed by atoms with van der Waals surface area (Å²) in [5.74, 6) is 2.51. The minimum absolute atomic E-state index is 0.283. The van der Waals surface area contributed by atoms with Gasteiger partial charge in [0, 0.05) is 18.3 Å². The number of nitrogens with zero attached hydrogens (tertiary/aromatic N) is 3. The molecule has 24 heavy (non-hydrogen) atoms. The van der Waals surface area contributed by atoms with Gasteiger partial charge in [-0.15, -0.1) is 0 Å². The number of allylic oxidation sites excluding steroid dienone is 1. The molecule has 2 rings (SSSR count). The van der Waals surface area contributed by atoms with E-state index in [4.69, 9.17) is 10.5 Å². The number of rotatable bonds is 8. The van der Waals surface area contributed by atoms with Crippen molar-refractivity contribution in [2.45, 2.75) is 56.8 Å². The summed E-state index contributed by atoms with van der Waals surface area (Å²) in [5.41, 5.74) is 2.23. The predicted molar refractivity (Wildman–Crippen MR) is 98.2 cm³/mol. The Labute approximate surface area is 146 Å². The maximum atomic E-state index is 9.10. The van der Waals surface area contributed by atoms with E-state index in [1.54, 1.807) is 7.28 Å². The third kappa shape index (κ3) is 5.46. The molecule has 2 atom stereocenters. The summed E-state index contributed by atoms with van der Waals surface area (Å²) in [6, 6.07) is 13.0. The van der Waals surface area contributed by atoms with Gasteiger partial charge in [-0.25, -0.2) is 5.26 Å². The van der Waals surface area contributed by atoms with Gasteiger partial charge in [-0.1, -0.05) is 43.3 Å². The Morgan fingerprint density at radius 1 is 1.29 bits per heavy atom. The van der Waals surface area contributed by atoms with Crippen LogP contribution in [-0.2, 0) is 6.42 Å². The molecular weight excluding hydrogens is 293 g/mol. The van der Waals surface area contributed by atoms with Gasteiger partial charge >= 0.3 is 0 Å². The molecule has 1 aliphatic rings. The first-order valence-corrected chi connectivity index (χ1v) is 8.83. The van der Waals surface area contributed by atoms with Crippen LogP contribution in [0.5, 0.6) is 0 Å². The Balaban J connectivity index is 1.93. The molecule has 1 heterocycles. The van der Waals surface area contributed by atoms with Crippen LogP contribution >= 0.6 is 0 Å². The van der Waals surface area contributed by atoms with Gasteiger partial charge in [0.2, 0.25) is 0 Å². The molecule has 0 N–H and O–H groups in total. The highest BCUT2D eigenvalue weighted by atomic mass is 15.2. The van der Waals surface area contributed by atoms with Crippen molar-refractivity contribution in [3.8, 4) is 12.0 Å². The zero-order valence-corrected chi connectivity index (χ0v) is 14.3. The van der Waals surface area contributed by atoms with Gasteiger partial charge in [0.1, 0.15) is 0 Å². The average molecular weight is 318 g/mol. The van der Waals surface area contributed by atoms with Crippen molar-refractivity contribution in [2.75, 3.05) is 6.54 Å². The Kier molecular flexibility index (Phi) is 7.44. The maximum absolute atomic E-state index is 9.10. The van der Waals surface area contributed by atoms with Crippen LogP contribution in [0.3, 0.4) is 0 Å². The van der Waals surface area contributed by atoms with Crippen LogP contribution in [0, 0.1) is 22.6 Å². The molecule has 1 aromatic rings. The molecule has 4 heteroatoms. The van der Waals surface area contributed by atoms with Crippen molar-refractivity contribution in [1.29, 1.82) is 10.5 Å². The molecule has 1 aliphatic heterocycles. The number of piperidine rings is 1. The van der Waals surface area contributed by atoms with Gasteiger partial charge in [0.05, 0.1) is 12.5 Å². The summed E-state index contributed by atoms with van der Waals surface area (Å²) in [5, 5.41) is 18.0. The number of nitriles is 2. The van der Waals surface area contributed by atoms with Gasteiger partial charge in [-0.2, -0.15) is 5.26 Å². The quantitative estimate of drug-likeness (QED) is 0.673. The van der Waals surface area contributed by atoms with Crippen LogP contribution in [-0.4, -0.2) is 24.8 Å². The van der Waals surface area contributed by atoms with Gasteiger partial charge < -0.3 is 4.90 Å². The Morgan fingerprint density at radius 3 is 2.79 bits per heavy atom. The normalized spacial score (nSPS) is 18.2. The number of benzene rings is 1. The number of hydrogen-bond donors (Lipinski definition) is 0. The van der Waals surface area contributed by atoms with Crippen molar-refractivity contribution in [2.24, 2.45) is 0 Å². The number of likely N-dealkylation sites (tertiary alicyclic amines) is 1. The van der Waals surface area contributed by atoms with E-state index in [9.17, 15) is 0 Å². The van der Waals surface area contributed by atoms with Crippen LogP contribution in [0.2, 0.25) is 5.82 Å². The summed E-state index contributed by atoms with van der Waals surface area (Å²) >= 11 is 0. The molecule has 123 valence electrons. The molecule has 1 saturated heterocycles. The summed E-state index contributed by atoms with van der Waals surface area (Å²) in [6.45, 7) is 5.10. The lowest BCUT2D eigenvalue weighted by Gasteiger charge is -2.39. The van der Waals surface area contributed by atoms with Crippen molar-refractivity contribution in [3.63, 3.8) is 0 Å². The van der Waals surface area contributed by atoms with Crippen LogP contribution in [0.25, 0.3) is 0 Å². The maximum Gasteiger partial charge on any atom is 0.258 e. The number of hydrogen-bond acceptors (Lipinski definition) is 3. The van der Waals surface area contributed by atoms with E-state index in [1.807, 2.05) is 18.2 Å². The first-order valence-electron chi connectivity index (χ1n) is 8.83. The Morgan fingerprint density at radius 2 is 2.08 bits per heavy atom. The molecule has 0 aliphatic carbocycles. The fourth-order valence-corrected chi connectivity index (χ4v) is 3.58. The topological polar surface area (TPSA) is 50.8 Å². The lowest BCUT2D eigenvalue weighted by Crippen LogP contribution is -2.38. The van der Waals surface area contributed by atoms with Crippen molar-refractivity contribution >= 4 is 7.28 Å². The van der Waals surface area contributed by atoms with Gasteiger partial charge in [0.15, 0.2) is 0 Å². The highest BCUT2D eigenvalue weighted by Gasteiger charge is 2.24. The summed E-state index contributed by atoms with van der Waals surface area (Å²) in [4.78, 5) is 2.33. The second-order valence-corrected chi connectivity index (χ2v) is 6.57. The molecule has 0 bridgehead atoms. The third-order valence-electron chi connectivity index (χ3n) is 4.84. The minimum Gasteiger partial charge on any atom is -0.371 e. The van der Waals surface area contributed by atoms with Crippen LogP contribution in [0.4, 0.5) is 0 Å². The second kappa shape index (κ2) is 9.84. The molecule has 0 spiro atoms. The van der Waals surface area contributed by atoms with Crippen molar-refractivity contribution in [3.05, 3.63) is 48.2 Å². The zero-order valence-electron chi connectivity index (χ0n) is 14.3. The standard InChI is InChI=1S/C20H25BN3/c1-17(12-13-22)24-14-6-5-9-20(24)11-10-19(21-16-23)15-18-7-3-2-4-8-18/h2-4,7-8,19-20H,1,5-6,9-12,14-15H2. The van der Waals surface area contributed by atoms with E-state index in [-0.39, 0.29) is 5.82 Å². The van der Waals surface area contributed by atoms with E-state index < -0.39 is 0 Å². The molecule has 1 aromatic carbocycles. The summed E-state index contributed by atoms with van der Waals surface area (Å²) in [7, 11) is 1.78. The van der Waals surface area contributed by atoms with Gasteiger partial charge in [-0.3, -0.25) is 0 Å². The average Bonchev–Trinajstić information content (AvgIpc) is 2.61. The molecule has 0 amide bonds.